The maximum absolute atomic E-state index is 11.3. The van der Waals surface area contributed by atoms with E-state index >= 15 is 0 Å². The molecule has 1 aromatic heterocycles. The molecule has 0 aliphatic carbocycles. The number of oxime groups is 1. The van der Waals surface area contributed by atoms with Gasteiger partial charge in [-0.1, -0.05) is 41.0 Å². The molecule has 1 unspecified atom stereocenters. The summed E-state index contributed by atoms with van der Waals surface area (Å²) in [5.41, 5.74) is 1.90. The van der Waals surface area contributed by atoms with Crippen LogP contribution in [0.15, 0.2) is 58.2 Å². The molecule has 212 valence electrons. The third kappa shape index (κ3) is 11.4. The number of ether oxygens (including phenoxy) is 3. The summed E-state index contributed by atoms with van der Waals surface area (Å²) >= 11 is 5.94. The standard InChI is InChI=1S/C24H26ClN3O6.C4H10O/c1-3-13-33-27-20(23-26-22(28-34-23)17-7-9-18(25)10-8-17)15-32-19-11-5-16(6-12-19)14-21(24(29)30)31-4-2;1-3-5-4-2/h5-12,21H,3-4,13-15H2,1-2H3,(H,29,30);3-4H2,1-2H3/b27-20+;. The van der Waals surface area contributed by atoms with Crippen LogP contribution in [0.2, 0.25) is 5.02 Å². The molecule has 0 saturated heterocycles. The van der Waals surface area contributed by atoms with E-state index in [1.54, 1.807) is 55.5 Å². The monoisotopic (exact) mass is 561 g/mol. The number of rotatable bonds is 15. The summed E-state index contributed by atoms with van der Waals surface area (Å²) in [6.07, 6.45) is 0.160. The Morgan fingerprint density at radius 1 is 1.03 bits per heavy atom. The minimum atomic E-state index is -0.993. The Labute approximate surface area is 233 Å². The minimum Gasteiger partial charge on any atom is -0.487 e. The fraction of sp³-hybridized carbons (Fsp3) is 0.429. The second kappa shape index (κ2) is 17.9. The van der Waals surface area contributed by atoms with Gasteiger partial charge in [-0.15, -0.1) is 0 Å². The molecule has 1 N–H and O–H groups in total. The molecule has 0 aliphatic rings. The predicted octanol–water partition coefficient (Wildman–Crippen LogP) is 5.67. The Balaban J connectivity index is 0.000000976. The summed E-state index contributed by atoms with van der Waals surface area (Å²) < 4.78 is 21.3. The number of hydrogen-bond donors (Lipinski definition) is 1. The number of carboxylic acid groups (broad SMARTS) is 1. The van der Waals surface area contributed by atoms with Crippen LogP contribution in [0.25, 0.3) is 11.4 Å². The summed E-state index contributed by atoms with van der Waals surface area (Å²) in [4.78, 5) is 21.0. The molecule has 3 rings (SSSR count). The maximum Gasteiger partial charge on any atom is 0.333 e. The van der Waals surface area contributed by atoms with Gasteiger partial charge in [0.05, 0.1) is 0 Å². The number of aromatic nitrogens is 2. The molecular formula is C28H36ClN3O7. The molecule has 0 amide bonds. The highest BCUT2D eigenvalue weighted by molar-refractivity contribution is 6.30. The molecule has 0 saturated carbocycles. The van der Waals surface area contributed by atoms with Gasteiger partial charge >= 0.3 is 5.97 Å². The first kappa shape index (κ1) is 31.7. The molecule has 3 aromatic rings. The van der Waals surface area contributed by atoms with E-state index in [2.05, 4.69) is 15.3 Å². The van der Waals surface area contributed by atoms with Crippen molar-refractivity contribution in [3.05, 3.63) is 65.0 Å². The lowest BCUT2D eigenvalue weighted by Crippen LogP contribution is -2.26. The molecule has 0 aliphatic heterocycles. The lowest BCUT2D eigenvalue weighted by Gasteiger charge is -2.13. The van der Waals surface area contributed by atoms with Crippen LogP contribution < -0.4 is 4.74 Å². The Kier molecular flexibility index (Phi) is 14.6. The largest absolute Gasteiger partial charge is 0.487 e. The minimum absolute atomic E-state index is 0.0298. The van der Waals surface area contributed by atoms with Crippen LogP contribution in [0.3, 0.4) is 0 Å². The number of carbonyl (C=O) groups is 1. The number of aliphatic carboxylic acids is 1. The maximum atomic E-state index is 11.3. The average molecular weight is 562 g/mol. The second-order valence-electron chi connectivity index (χ2n) is 8.00. The van der Waals surface area contributed by atoms with Crippen molar-refractivity contribution in [2.24, 2.45) is 5.16 Å². The van der Waals surface area contributed by atoms with Crippen molar-refractivity contribution in [2.75, 3.05) is 33.0 Å². The van der Waals surface area contributed by atoms with Gasteiger partial charge in [-0.3, -0.25) is 0 Å². The molecule has 0 radical (unpaired) electrons. The Hall–Kier alpha value is -3.47. The van der Waals surface area contributed by atoms with Gasteiger partial charge in [0.25, 0.3) is 5.89 Å². The van der Waals surface area contributed by atoms with Gasteiger partial charge in [-0.05, 0) is 69.2 Å². The van der Waals surface area contributed by atoms with Crippen molar-refractivity contribution >= 4 is 23.3 Å². The summed E-state index contributed by atoms with van der Waals surface area (Å²) in [7, 11) is 0. The lowest BCUT2D eigenvalue weighted by atomic mass is 10.1. The third-order valence-corrected chi connectivity index (χ3v) is 5.27. The lowest BCUT2D eigenvalue weighted by molar-refractivity contribution is -0.149. The third-order valence-electron chi connectivity index (χ3n) is 5.02. The Morgan fingerprint density at radius 2 is 1.72 bits per heavy atom. The number of benzene rings is 2. The van der Waals surface area contributed by atoms with Crippen molar-refractivity contribution in [3.63, 3.8) is 0 Å². The quantitative estimate of drug-likeness (QED) is 0.142. The molecular weight excluding hydrogens is 526 g/mol. The van der Waals surface area contributed by atoms with Crippen LogP contribution in [0, 0.1) is 0 Å². The van der Waals surface area contributed by atoms with E-state index in [9.17, 15) is 9.90 Å². The molecule has 1 heterocycles. The molecule has 0 spiro atoms. The van der Waals surface area contributed by atoms with Crippen LogP contribution in [0.4, 0.5) is 0 Å². The molecule has 11 heteroatoms. The van der Waals surface area contributed by atoms with Gasteiger partial charge in [-0.2, -0.15) is 4.98 Å². The van der Waals surface area contributed by atoms with E-state index in [1.807, 2.05) is 20.8 Å². The number of hydrogen-bond acceptors (Lipinski definition) is 9. The van der Waals surface area contributed by atoms with E-state index in [1.165, 1.54) is 0 Å². The van der Waals surface area contributed by atoms with Crippen LogP contribution in [-0.4, -0.2) is 66.1 Å². The van der Waals surface area contributed by atoms with Crippen molar-refractivity contribution in [1.29, 1.82) is 0 Å². The van der Waals surface area contributed by atoms with Gasteiger partial charge in [0, 0.05) is 36.8 Å². The molecule has 10 nitrogen and oxygen atoms in total. The highest BCUT2D eigenvalue weighted by Crippen LogP contribution is 2.20. The second-order valence-corrected chi connectivity index (χ2v) is 8.44. The summed E-state index contributed by atoms with van der Waals surface area (Å²) in [5, 5.41) is 18.0. The zero-order valence-electron chi connectivity index (χ0n) is 22.8. The molecule has 39 heavy (non-hydrogen) atoms. The highest BCUT2D eigenvalue weighted by Gasteiger charge is 2.19. The van der Waals surface area contributed by atoms with Crippen molar-refractivity contribution in [1.82, 2.24) is 10.1 Å². The average Bonchev–Trinajstić information content (AvgIpc) is 3.42. The summed E-state index contributed by atoms with van der Waals surface area (Å²) in [6.45, 7) is 10.2. The zero-order valence-corrected chi connectivity index (χ0v) is 23.5. The van der Waals surface area contributed by atoms with Crippen molar-refractivity contribution < 1.29 is 33.5 Å². The normalized spacial score (nSPS) is 11.9. The van der Waals surface area contributed by atoms with Crippen molar-refractivity contribution in [2.45, 2.75) is 46.6 Å². The van der Waals surface area contributed by atoms with E-state index < -0.39 is 12.1 Å². The number of carboxylic acids is 1. The van der Waals surface area contributed by atoms with Gasteiger partial charge < -0.3 is 28.7 Å². The topological polar surface area (TPSA) is 126 Å². The van der Waals surface area contributed by atoms with Gasteiger partial charge in [0.15, 0.2) is 11.8 Å². The van der Waals surface area contributed by atoms with Crippen LogP contribution in [-0.2, 0) is 25.5 Å². The van der Waals surface area contributed by atoms with E-state index in [0.29, 0.717) is 35.5 Å². The van der Waals surface area contributed by atoms with Crippen LogP contribution in [0.5, 0.6) is 5.75 Å². The zero-order chi connectivity index (χ0) is 28.5. The fourth-order valence-corrected chi connectivity index (χ4v) is 3.24. The highest BCUT2D eigenvalue weighted by atomic mass is 35.5. The Morgan fingerprint density at radius 3 is 2.28 bits per heavy atom. The molecule has 2 aromatic carbocycles. The predicted molar refractivity (Wildman–Crippen MR) is 148 cm³/mol. The van der Waals surface area contributed by atoms with Gasteiger partial charge in [-0.25, -0.2) is 4.79 Å². The first-order chi connectivity index (χ1) is 18.9. The van der Waals surface area contributed by atoms with E-state index in [4.69, 9.17) is 35.2 Å². The van der Waals surface area contributed by atoms with Gasteiger partial charge in [0.2, 0.25) is 5.82 Å². The van der Waals surface area contributed by atoms with Gasteiger partial charge in [0.1, 0.15) is 19.0 Å². The summed E-state index contributed by atoms with van der Waals surface area (Å²) in [6, 6.07) is 14.1. The molecule has 0 bridgehead atoms. The number of nitrogens with zero attached hydrogens (tertiary/aromatic N) is 3. The van der Waals surface area contributed by atoms with Crippen LogP contribution in [0.1, 0.15) is 45.6 Å². The summed E-state index contributed by atoms with van der Waals surface area (Å²) in [5.74, 6) is 0.139. The van der Waals surface area contributed by atoms with Crippen LogP contribution >= 0.6 is 11.6 Å². The van der Waals surface area contributed by atoms with E-state index in [-0.39, 0.29) is 18.9 Å². The van der Waals surface area contributed by atoms with E-state index in [0.717, 1.165) is 30.8 Å². The number of halogens is 1. The SMILES string of the molecule is CCCO/N=C(\COc1ccc(CC(OCC)C(=O)O)cc1)c1nc(-c2ccc(Cl)cc2)no1.CCOCC. The molecule has 0 fully saturated rings. The first-order valence-electron chi connectivity index (χ1n) is 12.8. The smallest absolute Gasteiger partial charge is 0.333 e. The first-order valence-corrected chi connectivity index (χ1v) is 13.2. The Bertz CT molecular complexity index is 1130. The fourth-order valence-electron chi connectivity index (χ4n) is 3.11. The molecule has 1 atom stereocenters. The van der Waals surface area contributed by atoms with Crippen molar-refractivity contribution in [3.8, 4) is 17.1 Å².